The first kappa shape index (κ1) is 12.3. The van der Waals surface area contributed by atoms with Crippen LogP contribution >= 0.6 is 11.8 Å². The molecule has 0 amide bonds. The third-order valence-corrected chi connectivity index (χ3v) is 1.95. The van der Waals surface area contributed by atoms with Crippen LogP contribution in [0.3, 0.4) is 0 Å². The molecule has 0 saturated carbocycles. The maximum absolute atomic E-state index is 5.35. The number of unbranched alkanes of at least 4 members (excludes halogenated alkanes) is 1. The Balaban J connectivity index is 3.01. The summed E-state index contributed by atoms with van der Waals surface area (Å²) in [7, 11) is 0. The fraction of sp³-hybridized carbons (Fsp3) is 1.00. The minimum atomic E-state index is -0.0699. The van der Waals surface area contributed by atoms with Crippen LogP contribution in [0.5, 0.6) is 0 Å². The monoisotopic (exact) mass is 191 g/mol. The Bertz CT molecular complexity index is 101. The quantitative estimate of drug-likeness (QED) is 0.515. The van der Waals surface area contributed by atoms with E-state index < -0.39 is 0 Å². The number of hydroxylamine groups is 1. The van der Waals surface area contributed by atoms with Crippen molar-refractivity contribution in [2.45, 2.75) is 39.2 Å². The van der Waals surface area contributed by atoms with Gasteiger partial charge in [0.15, 0.2) is 0 Å². The maximum Gasteiger partial charge on any atom is 0.0812 e. The zero-order valence-electron chi connectivity index (χ0n) is 8.64. The molecule has 0 heterocycles. The highest BCUT2D eigenvalue weighted by molar-refractivity contribution is 7.98. The van der Waals surface area contributed by atoms with Crippen molar-refractivity contribution in [1.82, 2.24) is 5.48 Å². The number of hydrogen-bond acceptors (Lipinski definition) is 3. The Kier molecular flexibility index (Phi) is 6.90. The van der Waals surface area contributed by atoms with Gasteiger partial charge in [0.1, 0.15) is 0 Å². The predicted molar refractivity (Wildman–Crippen MR) is 56.5 cm³/mol. The second-order valence-corrected chi connectivity index (χ2v) is 4.79. The summed E-state index contributed by atoms with van der Waals surface area (Å²) < 4.78 is 0. The molecular formula is C9H21NOS. The van der Waals surface area contributed by atoms with Crippen LogP contribution in [-0.4, -0.2) is 24.2 Å². The van der Waals surface area contributed by atoms with Crippen LogP contribution in [-0.2, 0) is 4.84 Å². The van der Waals surface area contributed by atoms with Crippen LogP contribution in [0, 0.1) is 0 Å². The van der Waals surface area contributed by atoms with E-state index in [4.69, 9.17) is 4.84 Å². The van der Waals surface area contributed by atoms with Gasteiger partial charge in [0.25, 0.3) is 0 Å². The average Bonchev–Trinajstić information content (AvgIpc) is 1.94. The number of thioether (sulfide) groups is 1. The molecule has 0 aromatic carbocycles. The van der Waals surface area contributed by atoms with Crippen LogP contribution in [0.25, 0.3) is 0 Å². The van der Waals surface area contributed by atoms with E-state index in [1.54, 1.807) is 0 Å². The molecule has 74 valence electrons. The summed E-state index contributed by atoms with van der Waals surface area (Å²) in [6, 6.07) is 0. The summed E-state index contributed by atoms with van der Waals surface area (Å²) in [5.41, 5.74) is 2.91. The van der Waals surface area contributed by atoms with E-state index in [0.29, 0.717) is 0 Å². The standard InChI is InChI=1S/C9H21NOS/c1-9(2,3)11-10-7-5-6-8-12-4/h10H,5-8H2,1-4H3. The number of rotatable bonds is 6. The molecule has 0 radical (unpaired) electrons. The SMILES string of the molecule is CSCCCCNOC(C)(C)C. The molecular weight excluding hydrogens is 170 g/mol. The summed E-state index contributed by atoms with van der Waals surface area (Å²) >= 11 is 1.90. The normalized spacial score (nSPS) is 12.0. The van der Waals surface area contributed by atoms with E-state index in [-0.39, 0.29) is 5.60 Å². The van der Waals surface area contributed by atoms with Crippen molar-refractivity contribution < 1.29 is 4.84 Å². The highest BCUT2D eigenvalue weighted by Crippen LogP contribution is 2.04. The van der Waals surface area contributed by atoms with Gasteiger partial charge in [0.2, 0.25) is 0 Å². The maximum atomic E-state index is 5.35. The van der Waals surface area contributed by atoms with Gasteiger partial charge in [0, 0.05) is 6.54 Å². The number of nitrogens with one attached hydrogen (secondary N) is 1. The first-order chi connectivity index (χ1) is 5.56. The highest BCUT2D eigenvalue weighted by Gasteiger charge is 2.08. The van der Waals surface area contributed by atoms with Gasteiger partial charge < -0.3 is 0 Å². The zero-order valence-corrected chi connectivity index (χ0v) is 9.46. The second-order valence-electron chi connectivity index (χ2n) is 3.81. The highest BCUT2D eigenvalue weighted by atomic mass is 32.2. The van der Waals surface area contributed by atoms with Gasteiger partial charge in [-0.05, 0) is 45.6 Å². The molecule has 0 aromatic rings. The van der Waals surface area contributed by atoms with Crippen molar-refractivity contribution >= 4 is 11.8 Å². The lowest BCUT2D eigenvalue weighted by Gasteiger charge is -2.19. The molecule has 0 bridgehead atoms. The molecule has 0 aliphatic rings. The Hall–Kier alpha value is 0.270. The fourth-order valence-electron chi connectivity index (χ4n) is 0.711. The molecule has 0 unspecified atom stereocenters. The zero-order chi connectivity index (χ0) is 9.45. The predicted octanol–water partition coefficient (Wildman–Crippen LogP) is 2.45. The summed E-state index contributed by atoms with van der Waals surface area (Å²) in [5.74, 6) is 1.25. The molecule has 2 nitrogen and oxygen atoms in total. The van der Waals surface area contributed by atoms with Crippen molar-refractivity contribution in [3.8, 4) is 0 Å². The second kappa shape index (κ2) is 6.75. The molecule has 0 saturated heterocycles. The van der Waals surface area contributed by atoms with Crippen LogP contribution in [0.15, 0.2) is 0 Å². The summed E-state index contributed by atoms with van der Waals surface area (Å²) in [6.45, 7) is 7.09. The van der Waals surface area contributed by atoms with Gasteiger partial charge in [-0.25, -0.2) is 5.48 Å². The summed E-state index contributed by atoms with van der Waals surface area (Å²) in [4.78, 5) is 5.35. The Morgan fingerprint density at radius 3 is 2.42 bits per heavy atom. The van der Waals surface area contributed by atoms with Crippen molar-refractivity contribution in [3.05, 3.63) is 0 Å². The molecule has 0 rings (SSSR count). The lowest BCUT2D eigenvalue weighted by Crippen LogP contribution is -2.29. The van der Waals surface area contributed by atoms with E-state index in [2.05, 4.69) is 11.7 Å². The lowest BCUT2D eigenvalue weighted by molar-refractivity contribution is -0.0724. The largest absolute Gasteiger partial charge is 0.296 e. The van der Waals surface area contributed by atoms with Gasteiger partial charge in [0.05, 0.1) is 5.60 Å². The topological polar surface area (TPSA) is 21.3 Å². The van der Waals surface area contributed by atoms with Gasteiger partial charge in [-0.15, -0.1) is 0 Å². The van der Waals surface area contributed by atoms with E-state index in [1.807, 2.05) is 32.5 Å². The minimum Gasteiger partial charge on any atom is -0.296 e. The molecule has 3 heteroatoms. The summed E-state index contributed by atoms with van der Waals surface area (Å²) in [5, 5.41) is 0. The van der Waals surface area contributed by atoms with E-state index in [1.165, 1.54) is 18.6 Å². The van der Waals surface area contributed by atoms with Crippen molar-refractivity contribution in [1.29, 1.82) is 0 Å². The lowest BCUT2D eigenvalue weighted by atomic mass is 10.2. The first-order valence-corrected chi connectivity index (χ1v) is 5.85. The number of hydrogen-bond donors (Lipinski definition) is 1. The van der Waals surface area contributed by atoms with Gasteiger partial charge in [-0.2, -0.15) is 11.8 Å². The van der Waals surface area contributed by atoms with Crippen LogP contribution in [0.1, 0.15) is 33.6 Å². The van der Waals surface area contributed by atoms with Gasteiger partial charge >= 0.3 is 0 Å². The molecule has 0 fully saturated rings. The van der Waals surface area contributed by atoms with E-state index >= 15 is 0 Å². The Morgan fingerprint density at radius 1 is 1.25 bits per heavy atom. The molecule has 0 aliphatic heterocycles. The van der Waals surface area contributed by atoms with Crippen LogP contribution in [0.2, 0.25) is 0 Å². The molecule has 0 aromatic heterocycles. The van der Waals surface area contributed by atoms with Crippen molar-refractivity contribution in [2.24, 2.45) is 0 Å². The van der Waals surface area contributed by atoms with Gasteiger partial charge in [-0.3, -0.25) is 4.84 Å². The minimum absolute atomic E-state index is 0.0699. The average molecular weight is 191 g/mol. The molecule has 12 heavy (non-hydrogen) atoms. The Morgan fingerprint density at radius 2 is 1.92 bits per heavy atom. The fourth-order valence-corrected chi connectivity index (χ4v) is 1.20. The van der Waals surface area contributed by atoms with Crippen molar-refractivity contribution in [3.63, 3.8) is 0 Å². The van der Waals surface area contributed by atoms with E-state index in [9.17, 15) is 0 Å². The first-order valence-electron chi connectivity index (χ1n) is 4.46. The van der Waals surface area contributed by atoms with Crippen LogP contribution < -0.4 is 5.48 Å². The third kappa shape index (κ3) is 10.3. The van der Waals surface area contributed by atoms with E-state index in [0.717, 1.165) is 6.54 Å². The Labute approximate surface area is 80.4 Å². The molecule has 0 atom stereocenters. The third-order valence-electron chi connectivity index (χ3n) is 1.26. The molecule has 0 aliphatic carbocycles. The molecule has 1 N–H and O–H groups in total. The molecule has 0 spiro atoms. The smallest absolute Gasteiger partial charge is 0.0812 e. The summed E-state index contributed by atoms with van der Waals surface area (Å²) in [6.07, 6.45) is 4.59. The van der Waals surface area contributed by atoms with Gasteiger partial charge in [-0.1, -0.05) is 0 Å². The van der Waals surface area contributed by atoms with Crippen LogP contribution in [0.4, 0.5) is 0 Å². The van der Waals surface area contributed by atoms with Crippen molar-refractivity contribution in [2.75, 3.05) is 18.6 Å².